The Morgan fingerprint density at radius 1 is 1.00 bits per heavy atom. The van der Waals surface area contributed by atoms with Crippen molar-refractivity contribution in [2.75, 3.05) is 27.2 Å². The molecule has 0 saturated carbocycles. The molecule has 0 fully saturated rings. The smallest absolute Gasteiger partial charge is 0.456 e. The van der Waals surface area contributed by atoms with Crippen molar-refractivity contribution in [3.05, 3.63) is 53.6 Å². The Morgan fingerprint density at radius 2 is 1.69 bits per heavy atom. The van der Waals surface area contributed by atoms with E-state index in [9.17, 15) is 4.79 Å². The quantitative estimate of drug-likeness (QED) is 0.556. The van der Waals surface area contributed by atoms with E-state index in [0.29, 0.717) is 5.75 Å². The molecule has 0 spiro atoms. The molecule has 2 aromatic rings. The maximum Gasteiger partial charge on any atom is 0.513 e. The van der Waals surface area contributed by atoms with Crippen LogP contribution in [0.1, 0.15) is 24.0 Å². The van der Waals surface area contributed by atoms with Crippen molar-refractivity contribution in [2.45, 2.75) is 12.8 Å². The van der Waals surface area contributed by atoms with E-state index in [4.69, 9.17) is 9.47 Å². The fourth-order valence-electron chi connectivity index (χ4n) is 3.57. The molecule has 0 aliphatic carbocycles. The number of carbonyl (C=O) groups is 1. The molecule has 0 unspecified atom stereocenters. The molecule has 2 aliphatic rings. The van der Waals surface area contributed by atoms with E-state index < -0.39 is 6.16 Å². The van der Waals surface area contributed by atoms with Crippen molar-refractivity contribution in [1.29, 1.82) is 0 Å². The predicted molar refractivity (Wildman–Crippen MR) is 99.5 cm³/mol. The minimum atomic E-state index is -0.724. The number of para-hydroxylation sites is 1. The summed E-state index contributed by atoms with van der Waals surface area (Å²) in [6.45, 7) is 1.98. The Balaban J connectivity index is 1.86. The standard InChI is InChI=1S/C21H21NO4/c1-22-11-9-15-16(10-12-22)18-13-14(25-21(23)24-2)7-8-20(18)26-19-6-4-3-5-17(15)19/h3-8,13H,9-12H2,1-2H3. The lowest BCUT2D eigenvalue weighted by Gasteiger charge is -2.15. The van der Waals surface area contributed by atoms with Gasteiger partial charge in [0.25, 0.3) is 0 Å². The molecule has 0 radical (unpaired) electrons. The van der Waals surface area contributed by atoms with Crippen LogP contribution in [0, 0.1) is 0 Å². The van der Waals surface area contributed by atoms with E-state index >= 15 is 0 Å². The van der Waals surface area contributed by atoms with Gasteiger partial charge in [-0.3, -0.25) is 0 Å². The average molecular weight is 351 g/mol. The molecule has 0 saturated heterocycles. The van der Waals surface area contributed by atoms with Gasteiger partial charge in [-0.05, 0) is 55.3 Å². The number of fused-ring (bicyclic) bond motifs is 4. The van der Waals surface area contributed by atoms with E-state index in [-0.39, 0.29) is 0 Å². The van der Waals surface area contributed by atoms with Crippen LogP contribution in [-0.2, 0) is 4.74 Å². The number of ether oxygens (including phenoxy) is 3. The van der Waals surface area contributed by atoms with Crippen LogP contribution in [0.3, 0.4) is 0 Å². The van der Waals surface area contributed by atoms with Gasteiger partial charge >= 0.3 is 6.16 Å². The van der Waals surface area contributed by atoms with Gasteiger partial charge in [-0.2, -0.15) is 0 Å². The van der Waals surface area contributed by atoms with Crippen LogP contribution in [0.15, 0.2) is 42.5 Å². The lowest BCUT2D eigenvalue weighted by molar-refractivity contribution is 0.121. The Kier molecular flexibility index (Phi) is 4.39. The van der Waals surface area contributed by atoms with Gasteiger partial charge in [0.1, 0.15) is 17.2 Å². The van der Waals surface area contributed by atoms with Crippen LogP contribution in [0.5, 0.6) is 17.2 Å². The molecule has 0 aromatic heterocycles. The highest BCUT2D eigenvalue weighted by Crippen LogP contribution is 2.46. The second-order valence-electron chi connectivity index (χ2n) is 6.57. The van der Waals surface area contributed by atoms with E-state index in [1.165, 1.54) is 18.3 Å². The van der Waals surface area contributed by atoms with E-state index in [1.807, 2.05) is 30.3 Å². The summed E-state index contributed by atoms with van der Waals surface area (Å²) < 4.78 is 16.1. The first-order valence-electron chi connectivity index (χ1n) is 8.74. The van der Waals surface area contributed by atoms with E-state index in [0.717, 1.165) is 48.6 Å². The molecular formula is C21H21NO4. The fraction of sp³-hybridized carbons (Fsp3) is 0.286. The molecule has 2 aliphatic heterocycles. The monoisotopic (exact) mass is 351 g/mol. The highest BCUT2D eigenvalue weighted by Gasteiger charge is 2.25. The number of hydrogen-bond donors (Lipinski definition) is 0. The Bertz CT molecular complexity index is 887. The molecule has 2 aromatic carbocycles. The van der Waals surface area contributed by atoms with Crippen LogP contribution >= 0.6 is 0 Å². The highest BCUT2D eigenvalue weighted by atomic mass is 16.7. The van der Waals surface area contributed by atoms with Crippen molar-refractivity contribution < 1.29 is 19.0 Å². The highest BCUT2D eigenvalue weighted by molar-refractivity contribution is 5.96. The normalized spacial score (nSPS) is 16.4. The van der Waals surface area contributed by atoms with Gasteiger partial charge in [-0.15, -0.1) is 0 Å². The Labute approximate surface area is 152 Å². The molecule has 5 nitrogen and oxygen atoms in total. The third-order valence-electron chi connectivity index (χ3n) is 4.93. The van der Waals surface area contributed by atoms with E-state index in [2.05, 4.69) is 22.8 Å². The van der Waals surface area contributed by atoms with Gasteiger partial charge in [0, 0.05) is 24.2 Å². The molecule has 5 heteroatoms. The van der Waals surface area contributed by atoms with E-state index in [1.54, 1.807) is 6.07 Å². The first kappa shape index (κ1) is 16.7. The summed E-state index contributed by atoms with van der Waals surface area (Å²) in [6.07, 6.45) is 1.14. The molecule has 26 heavy (non-hydrogen) atoms. The van der Waals surface area contributed by atoms with Gasteiger partial charge in [-0.25, -0.2) is 4.79 Å². The summed E-state index contributed by atoms with van der Waals surface area (Å²) >= 11 is 0. The SMILES string of the molecule is COC(=O)Oc1ccc2c(c1)C1=C(CCN(C)CC1)c1ccccc1O2. The van der Waals surface area contributed by atoms with Gasteiger partial charge < -0.3 is 19.1 Å². The second kappa shape index (κ2) is 6.84. The van der Waals surface area contributed by atoms with Crippen molar-refractivity contribution in [3.63, 3.8) is 0 Å². The zero-order chi connectivity index (χ0) is 18.1. The third-order valence-corrected chi connectivity index (χ3v) is 4.93. The van der Waals surface area contributed by atoms with Gasteiger partial charge in [0.05, 0.1) is 7.11 Å². The number of benzene rings is 2. The second-order valence-corrected chi connectivity index (χ2v) is 6.57. The van der Waals surface area contributed by atoms with Crippen molar-refractivity contribution in [1.82, 2.24) is 4.90 Å². The van der Waals surface area contributed by atoms with Crippen molar-refractivity contribution in [3.8, 4) is 17.2 Å². The minimum absolute atomic E-state index is 0.453. The van der Waals surface area contributed by atoms with Crippen LogP contribution < -0.4 is 9.47 Å². The summed E-state index contributed by atoms with van der Waals surface area (Å²) in [7, 11) is 3.44. The Morgan fingerprint density at radius 3 is 2.46 bits per heavy atom. The number of nitrogens with zero attached hydrogens (tertiary/aromatic N) is 1. The first-order chi connectivity index (χ1) is 12.7. The van der Waals surface area contributed by atoms with Crippen LogP contribution in [-0.4, -0.2) is 38.3 Å². The average Bonchev–Trinajstić information content (AvgIpc) is 2.92. The van der Waals surface area contributed by atoms with Gasteiger partial charge in [0.2, 0.25) is 0 Å². The largest absolute Gasteiger partial charge is 0.513 e. The van der Waals surface area contributed by atoms with Gasteiger partial charge in [0.15, 0.2) is 0 Å². The summed E-state index contributed by atoms with van der Waals surface area (Å²) in [5.74, 6) is 2.10. The number of hydrogen-bond acceptors (Lipinski definition) is 5. The lowest BCUT2D eigenvalue weighted by Crippen LogP contribution is -2.19. The van der Waals surface area contributed by atoms with Crippen LogP contribution in [0.25, 0.3) is 11.1 Å². The van der Waals surface area contributed by atoms with Crippen LogP contribution in [0.2, 0.25) is 0 Å². The molecule has 0 atom stereocenters. The zero-order valence-corrected chi connectivity index (χ0v) is 15.0. The zero-order valence-electron chi connectivity index (χ0n) is 15.0. The molecule has 134 valence electrons. The predicted octanol–water partition coefficient (Wildman–Crippen LogP) is 4.57. The lowest BCUT2D eigenvalue weighted by atomic mass is 9.91. The maximum atomic E-state index is 11.5. The number of carbonyl (C=O) groups excluding carboxylic acids is 1. The molecular weight excluding hydrogens is 330 g/mol. The van der Waals surface area contributed by atoms with Crippen molar-refractivity contribution >= 4 is 17.3 Å². The minimum Gasteiger partial charge on any atom is -0.456 e. The fourth-order valence-corrected chi connectivity index (χ4v) is 3.57. The molecule has 0 N–H and O–H groups in total. The summed E-state index contributed by atoms with van der Waals surface area (Å²) in [5, 5.41) is 0. The molecule has 2 heterocycles. The molecule has 0 bridgehead atoms. The summed E-state index contributed by atoms with van der Waals surface area (Å²) in [5.41, 5.74) is 4.68. The number of rotatable bonds is 1. The van der Waals surface area contributed by atoms with Crippen LogP contribution in [0.4, 0.5) is 4.79 Å². The topological polar surface area (TPSA) is 48.0 Å². The van der Waals surface area contributed by atoms with Crippen molar-refractivity contribution in [2.24, 2.45) is 0 Å². The van der Waals surface area contributed by atoms with Gasteiger partial charge in [-0.1, -0.05) is 18.2 Å². The Hall–Kier alpha value is -2.79. The molecule has 0 amide bonds. The summed E-state index contributed by atoms with van der Waals surface area (Å²) in [6, 6.07) is 13.6. The third kappa shape index (κ3) is 3.06. The molecule has 4 rings (SSSR count). The number of methoxy groups -OCH3 is 1. The summed E-state index contributed by atoms with van der Waals surface area (Å²) in [4.78, 5) is 13.8. The first-order valence-corrected chi connectivity index (χ1v) is 8.74. The maximum absolute atomic E-state index is 11.5.